The second-order valence-electron chi connectivity index (χ2n) is 6.88. The summed E-state index contributed by atoms with van der Waals surface area (Å²) in [6, 6.07) is 0. The number of thioether (sulfide) groups is 1. The normalized spacial score (nSPS) is 11.4. The van der Waals surface area contributed by atoms with Crippen molar-refractivity contribution in [2.75, 3.05) is 5.75 Å². The van der Waals surface area contributed by atoms with Crippen LogP contribution in [0, 0.1) is 23.3 Å². The van der Waals surface area contributed by atoms with E-state index in [9.17, 15) is 17.6 Å². The quantitative estimate of drug-likeness (QED) is 0.0482. The zero-order chi connectivity index (χ0) is 21.5. The van der Waals surface area contributed by atoms with E-state index in [4.69, 9.17) is 5.26 Å². The van der Waals surface area contributed by atoms with Gasteiger partial charge in [0.25, 0.3) is 0 Å². The number of rotatable bonds is 17. The lowest BCUT2D eigenvalue weighted by atomic mass is 10.1. The lowest BCUT2D eigenvalue weighted by Crippen LogP contribution is -2.02. The molecule has 9 heteroatoms. The molecule has 0 saturated heterocycles. The highest BCUT2D eigenvalue weighted by Gasteiger charge is 2.26. The number of unbranched alkanes of at least 4 members (excludes halogenated alkanes) is 11. The van der Waals surface area contributed by atoms with Gasteiger partial charge >= 0.3 is 0 Å². The van der Waals surface area contributed by atoms with Gasteiger partial charge in [0.2, 0.25) is 0 Å². The molecule has 0 amide bonds. The molecule has 0 unspecified atom stereocenters. The molecular formula is C20H30F4O3S2. The Labute approximate surface area is 179 Å². The minimum atomic E-state index is -1.58. The van der Waals surface area contributed by atoms with Gasteiger partial charge in [0.05, 0.1) is 16.9 Å². The van der Waals surface area contributed by atoms with Gasteiger partial charge in [-0.2, -0.15) is 0 Å². The topological polar surface area (TPSA) is 38.7 Å². The van der Waals surface area contributed by atoms with Gasteiger partial charge in [-0.05, 0) is 12.2 Å². The van der Waals surface area contributed by atoms with Gasteiger partial charge in [0, 0.05) is 0 Å². The van der Waals surface area contributed by atoms with Gasteiger partial charge < -0.3 is 0 Å². The molecule has 0 radical (unpaired) electrons. The predicted octanol–water partition coefficient (Wildman–Crippen LogP) is 8.46. The Hall–Kier alpha value is -0.480. The van der Waals surface area contributed by atoms with Crippen LogP contribution in [0.15, 0.2) is 9.79 Å². The molecule has 0 aliphatic heterocycles. The van der Waals surface area contributed by atoms with Crippen molar-refractivity contribution < 1.29 is 32.2 Å². The molecule has 168 valence electrons. The van der Waals surface area contributed by atoms with Crippen LogP contribution in [-0.2, 0) is 9.37 Å². The van der Waals surface area contributed by atoms with Gasteiger partial charge in [-0.3, -0.25) is 0 Å². The molecule has 29 heavy (non-hydrogen) atoms. The molecule has 0 heterocycles. The third kappa shape index (κ3) is 9.91. The third-order valence-corrected chi connectivity index (χ3v) is 6.37. The standard InChI is InChI=1S/C20H30F4O3S2/c1-2-3-4-5-6-7-8-9-10-11-12-13-14-28-19-15(21)17(23)20(29-27-26-25)18(24)16(19)22/h25H,2-14H2,1H3. The van der Waals surface area contributed by atoms with Crippen molar-refractivity contribution in [1.29, 1.82) is 0 Å². The van der Waals surface area contributed by atoms with Gasteiger partial charge in [-0.25, -0.2) is 22.8 Å². The van der Waals surface area contributed by atoms with Crippen LogP contribution in [-0.4, -0.2) is 11.0 Å². The van der Waals surface area contributed by atoms with Gasteiger partial charge in [-0.1, -0.05) is 82.6 Å². The van der Waals surface area contributed by atoms with E-state index in [1.54, 1.807) is 0 Å². The van der Waals surface area contributed by atoms with Gasteiger partial charge in [0.15, 0.2) is 23.3 Å². The van der Waals surface area contributed by atoms with Crippen molar-refractivity contribution in [3.05, 3.63) is 23.3 Å². The number of benzene rings is 1. The monoisotopic (exact) mass is 458 g/mol. The second-order valence-corrected chi connectivity index (χ2v) is 8.69. The third-order valence-electron chi connectivity index (χ3n) is 4.57. The van der Waals surface area contributed by atoms with Crippen LogP contribution in [0.4, 0.5) is 17.6 Å². The molecule has 0 spiro atoms. The maximum absolute atomic E-state index is 14.0. The fourth-order valence-electron chi connectivity index (χ4n) is 2.96. The van der Waals surface area contributed by atoms with Crippen LogP contribution < -0.4 is 0 Å². The molecule has 0 atom stereocenters. The predicted molar refractivity (Wildman–Crippen MR) is 109 cm³/mol. The van der Waals surface area contributed by atoms with E-state index in [-0.39, 0.29) is 12.0 Å². The van der Waals surface area contributed by atoms with Gasteiger partial charge in [0.1, 0.15) is 4.90 Å². The average Bonchev–Trinajstić information content (AvgIpc) is 2.72. The first-order chi connectivity index (χ1) is 14.0. The Morgan fingerprint density at radius 2 is 1.07 bits per heavy atom. The first-order valence-corrected chi connectivity index (χ1v) is 11.9. The van der Waals surface area contributed by atoms with E-state index < -0.39 is 33.1 Å². The molecule has 3 nitrogen and oxygen atoms in total. The van der Waals surface area contributed by atoms with Crippen molar-refractivity contribution in [2.45, 2.75) is 93.8 Å². The number of hydrogen-bond acceptors (Lipinski definition) is 5. The van der Waals surface area contributed by atoms with Crippen molar-refractivity contribution in [3.8, 4) is 0 Å². The Morgan fingerprint density at radius 1 is 0.655 bits per heavy atom. The molecule has 1 aromatic carbocycles. The van der Waals surface area contributed by atoms with Crippen molar-refractivity contribution in [1.82, 2.24) is 0 Å². The highest BCUT2D eigenvalue weighted by Crippen LogP contribution is 2.36. The SMILES string of the molecule is CCCCCCCCCCCCCCSc1c(F)c(F)c(SOOO)c(F)c1F. The maximum Gasteiger partial charge on any atom is 0.179 e. The smallest absolute Gasteiger partial charge is 0.179 e. The Balaban J connectivity index is 2.23. The summed E-state index contributed by atoms with van der Waals surface area (Å²) in [5, 5.41) is 11.2. The van der Waals surface area contributed by atoms with Crippen LogP contribution in [0.3, 0.4) is 0 Å². The zero-order valence-corrected chi connectivity index (χ0v) is 18.4. The molecule has 0 saturated carbocycles. The van der Waals surface area contributed by atoms with Crippen LogP contribution in [0.5, 0.6) is 0 Å². The van der Waals surface area contributed by atoms with Crippen LogP contribution in [0.2, 0.25) is 0 Å². The molecule has 0 fully saturated rings. The molecule has 0 aromatic heterocycles. The molecule has 1 aromatic rings. The minimum Gasteiger partial charge on any atom is -0.220 e. The fourth-order valence-corrected chi connectivity index (χ4v) is 4.37. The summed E-state index contributed by atoms with van der Waals surface area (Å²) in [7, 11) is 0. The molecule has 0 aliphatic carbocycles. The summed E-state index contributed by atoms with van der Waals surface area (Å²) in [4.78, 5) is -1.74. The highest BCUT2D eigenvalue weighted by atomic mass is 32.2. The van der Waals surface area contributed by atoms with E-state index in [2.05, 4.69) is 16.3 Å². The van der Waals surface area contributed by atoms with Gasteiger partial charge in [-0.15, -0.1) is 16.1 Å². The van der Waals surface area contributed by atoms with Crippen LogP contribution in [0.25, 0.3) is 0 Å². The summed E-state index contributed by atoms with van der Waals surface area (Å²) in [5.41, 5.74) is 0. The van der Waals surface area contributed by atoms with E-state index in [0.717, 1.165) is 31.0 Å². The van der Waals surface area contributed by atoms with E-state index >= 15 is 0 Å². The molecule has 1 rings (SSSR count). The number of hydrogen-bond donors (Lipinski definition) is 1. The summed E-state index contributed by atoms with van der Waals surface area (Å²) >= 11 is 0.602. The Bertz CT molecular complexity index is 562. The summed E-state index contributed by atoms with van der Waals surface area (Å²) in [6.45, 7) is 2.21. The lowest BCUT2D eigenvalue weighted by Gasteiger charge is -2.10. The molecule has 0 aliphatic rings. The largest absolute Gasteiger partial charge is 0.220 e. The van der Waals surface area contributed by atoms with E-state index in [1.807, 2.05) is 0 Å². The van der Waals surface area contributed by atoms with E-state index in [1.165, 1.54) is 51.4 Å². The van der Waals surface area contributed by atoms with Crippen molar-refractivity contribution >= 4 is 23.8 Å². The molecule has 1 N–H and O–H groups in total. The summed E-state index contributed by atoms with van der Waals surface area (Å²) < 4.78 is 59.6. The van der Waals surface area contributed by atoms with Crippen LogP contribution >= 0.6 is 23.8 Å². The Kier molecular flexibility index (Phi) is 14.9. The summed E-state index contributed by atoms with van der Waals surface area (Å²) in [6.07, 6.45) is 14.0. The molecular weight excluding hydrogens is 428 g/mol. The highest BCUT2D eigenvalue weighted by molar-refractivity contribution is 7.99. The first-order valence-electron chi connectivity index (χ1n) is 10.2. The minimum absolute atomic E-state index is 0.153. The zero-order valence-electron chi connectivity index (χ0n) is 16.8. The average molecular weight is 459 g/mol. The maximum atomic E-state index is 14.0. The van der Waals surface area contributed by atoms with Crippen LogP contribution in [0.1, 0.15) is 84.0 Å². The number of halogens is 4. The Morgan fingerprint density at radius 3 is 1.52 bits per heavy atom. The van der Waals surface area contributed by atoms with E-state index in [0.29, 0.717) is 12.2 Å². The molecule has 0 bridgehead atoms. The second kappa shape index (κ2) is 16.2. The summed E-state index contributed by atoms with van der Waals surface area (Å²) in [5.74, 6) is -5.74. The van der Waals surface area contributed by atoms with Crippen molar-refractivity contribution in [2.24, 2.45) is 0 Å². The van der Waals surface area contributed by atoms with Crippen molar-refractivity contribution in [3.63, 3.8) is 0 Å². The fraction of sp³-hybridized carbons (Fsp3) is 0.700. The lowest BCUT2D eigenvalue weighted by molar-refractivity contribution is -0.432. The first kappa shape index (κ1) is 26.6.